The number of hydrogen-bond donors (Lipinski definition) is 0. The molecule has 4 heteroatoms. The number of rotatable bonds is 2. The Labute approximate surface area is 394 Å². The number of aromatic nitrogens is 1. The maximum atomic E-state index is 2.96. The second-order valence-electron chi connectivity index (χ2n) is 25.0. The van der Waals surface area contributed by atoms with E-state index in [9.17, 15) is 0 Å². The minimum Gasteiger partial charge on any atom is -0.335 e. The lowest BCUT2D eigenvalue weighted by atomic mass is 9.33. The lowest BCUT2D eigenvalue weighted by Crippen LogP contribution is -2.64. The third-order valence-electron chi connectivity index (χ3n) is 19.3. The van der Waals surface area contributed by atoms with Gasteiger partial charge in [-0.3, -0.25) is 0 Å². The Kier molecular flexibility index (Phi) is 7.99. The highest BCUT2D eigenvalue weighted by atomic mass is 15.3. The molecule has 13 rings (SSSR count). The highest BCUT2D eigenvalue weighted by Gasteiger charge is 2.63. The van der Waals surface area contributed by atoms with Gasteiger partial charge >= 0.3 is 0 Å². The van der Waals surface area contributed by atoms with Crippen LogP contribution in [-0.4, -0.2) is 22.4 Å². The van der Waals surface area contributed by atoms with Gasteiger partial charge in [-0.2, -0.15) is 0 Å². The van der Waals surface area contributed by atoms with Gasteiger partial charge in [0.25, 0.3) is 6.71 Å². The predicted octanol–water partition coefficient (Wildman–Crippen LogP) is 14.3. The standard InChI is InChI=1S/C62H68BN3/c1-37-28-38(2)53-50(29-37)65(62(12)27-19-17-25-60(53,62)10)43-35-51-54-52(36-43)66-56-46(59(9)24-16-18-26-61(59,66)11)30-40(39-20-14-13-15-21-39)31-47(56)63(54)48-34-42(58(6,7)8)33-45-44-32-41(57(3,4)5)22-23-49(44)64(51)55(45)48/h13-15,20-23,28-36H,16-19,24-27H2,1-12H3. The molecular weight excluding hydrogens is 798 g/mol. The molecule has 0 saturated heterocycles. The van der Waals surface area contributed by atoms with Gasteiger partial charge in [-0.05, 0) is 168 Å². The molecule has 66 heavy (non-hydrogen) atoms. The van der Waals surface area contributed by atoms with Crippen molar-refractivity contribution in [1.82, 2.24) is 4.57 Å². The van der Waals surface area contributed by atoms with Crippen LogP contribution in [0.4, 0.5) is 22.7 Å². The average molecular weight is 866 g/mol. The zero-order chi connectivity index (χ0) is 45.8. The highest BCUT2D eigenvalue weighted by molar-refractivity contribution is 7.00. The molecule has 4 aliphatic heterocycles. The number of anilines is 4. The summed E-state index contributed by atoms with van der Waals surface area (Å²) < 4.78 is 2.75. The highest BCUT2D eigenvalue weighted by Crippen LogP contribution is 2.65. The zero-order valence-electron chi connectivity index (χ0n) is 41.8. The monoisotopic (exact) mass is 866 g/mol. The Bertz CT molecular complexity index is 3290. The van der Waals surface area contributed by atoms with Gasteiger partial charge in [0.1, 0.15) is 0 Å². The lowest BCUT2D eigenvalue weighted by Gasteiger charge is -2.53. The molecule has 2 saturated carbocycles. The number of fused-ring (bicyclic) bond motifs is 13. The number of benzene rings is 6. The molecular formula is C62H68BN3. The third-order valence-corrected chi connectivity index (χ3v) is 19.3. The van der Waals surface area contributed by atoms with Crippen LogP contribution in [0, 0.1) is 13.8 Å². The fourth-order valence-electron chi connectivity index (χ4n) is 15.5. The van der Waals surface area contributed by atoms with Gasteiger partial charge in [0.05, 0.1) is 16.6 Å². The van der Waals surface area contributed by atoms with Gasteiger partial charge in [-0.15, -0.1) is 0 Å². The molecule has 0 bridgehead atoms. The van der Waals surface area contributed by atoms with Crippen molar-refractivity contribution in [2.45, 2.75) is 167 Å². The Hall–Kier alpha value is -5.22. The van der Waals surface area contributed by atoms with Crippen LogP contribution in [0.15, 0.2) is 97.1 Å². The van der Waals surface area contributed by atoms with Crippen LogP contribution < -0.4 is 26.2 Å². The van der Waals surface area contributed by atoms with Crippen molar-refractivity contribution in [3.05, 3.63) is 130 Å². The first kappa shape index (κ1) is 41.0. The summed E-state index contributed by atoms with van der Waals surface area (Å²) in [5.74, 6) is 0. The van der Waals surface area contributed by atoms with E-state index in [-0.39, 0.29) is 39.5 Å². The van der Waals surface area contributed by atoms with Crippen molar-refractivity contribution in [2.75, 3.05) is 9.80 Å². The van der Waals surface area contributed by atoms with Crippen molar-refractivity contribution < 1.29 is 0 Å². The molecule has 0 amide bonds. The Morgan fingerprint density at radius 1 is 0.545 bits per heavy atom. The summed E-state index contributed by atoms with van der Waals surface area (Å²) in [4.78, 5) is 5.85. The molecule has 0 radical (unpaired) electrons. The van der Waals surface area contributed by atoms with E-state index in [0.29, 0.717) is 0 Å². The fourth-order valence-corrected chi connectivity index (χ4v) is 15.5. The fraction of sp³-hybridized carbons (Fsp3) is 0.419. The third kappa shape index (κ3) is 4.92. The minimum absolute atomic E-state index is 0.00709. The summed E-state index contributed by atoms with van der Waals surface area (Å²) in [6.45, 7) is 29.7. The maximum Gasteiger partial charge on any atom is 0.252 e. The summed E-state index contributed by atoms with van der Waals surface area (Å²) in [7, 11) is 0. The van der Waals surface area contributed by atoms with E-state index >= 15 is 0 Å². The second kappa shape index (κ2) is 12.9. The van der Waals surface area contributed by atoms with E-state index < -0.39 is 0 Å². The largest absolute Gasteiger partial charge is 0.335 e. The zero-order valence-corrected chi connectivity index (χ0v) is 41.8. The van der Waals surface area contributed by atoms with E-state index in [2.05, 4.69) is 195 Å². The Balaban J connectivity index is 1.22. The molecule has 4 atom stereocenters. The Morgan fingerprint density at radius 3 is 1.91 bits per heavy atom. The van der Waals surface area contributed by atoms with Crippen LogP contribution in [0.1, 0.15) is 154 Å². The van der Waals surface area contributed by atoms with Crippen molar-refractivity contribution in [3.8, 4) is 16.8 Å². The molecule has 6 aliphatic rings. The molecule has 4 unspecified atom stereocenters. The van der Waals surface area contributed by atoms with Crippen molar-refractivity contribution in [1.29, 1.82) is 0 Å². The SMILES string of the molecule is Cc1cc(C)c2c(c1)N(c1cc3c4c(c1)-n1c5ccc(C(C)(C)C)cc5c5cc(C(C)(C)C)cc(c51)B4c1cc(-c4ccccc4)cc4c1N3C1(C)CCCCC41C)C1(C)CCCCC21C. The minimum atomic E-state index is -0.0857. The first-order chi connectivity index (χ1) is 31.3. The molecule has 1 aromatic heterocycles. The summed E-state index contributed by atoms with van der Waals surface area (Å²) in [6.07, 6.45) is 9.88. The first-order valence-electron chi connectivity index (χ1n) is 25.6. The Morgan fingerprint density at radius 2 is 1.20 bits per heavy atom. The summed E-state index contributed by atoms with van der Waals surface area (Å²) in [6, 6.07) is 39.6. The molecule has 5 heterocycles. The molecule has 2 aliphatic carbocycles. The van der Waals surface area contributed by atoms with E-state index in [1.807, 2.05) is 0 Å². The van der Waals surface area contributed by atoms with E-state index in [0.717, 1.165) is 0 Å². The van der Waals surface area contributed by atoms with Gasteiger partial charge in [-0.1, -0.05) is 136 Å². The van der Waals surface area contributed by atoms with Gasteiger partial charge in [-0.25, -0.2) is 0 Å². The van der Waals surface area contributed by atoms with Gasteiger partial charge < -0.3 is 14.4 Å². The van der Waals surface area contributed by atoms with Crippen LogP contribution >= 0.6 is 0 Å². The number of aryl methyl sites for hydroxylation is 2. The second-order valence-corrected chi connectivity index (χ2v) is 25.0. The summed E-state index contributed by atoms with van der Waals surface area (Å²) >= 11 is 0. The average Bonchev–Trinajstić information content (AvgIpc) is 3.79. The smallest absolute Gasteiger partial charge is 0.252 e. The number of nitrogens with zero attached hydrogens (tertiary/aromatic N) is 3. The van der Waals surface area contributed by atoms with Crippen LogP contribution in [0.3, 0.4) is 0 Å². The summed E-state index contributed by atoms with van der Waals surface area (Å²) in [5.41, 5.74) is 25.6. The van der Waals surface area contributed by atoms with Gasteiger partial charge in [0.15, 0.2) is 0 Å². The molecule has 2 fully saturated rings. The topological polar surface area (TPSA) is 11.4 Å². The van der Waals surface area contributed by atoms with E-state index in [4.69, 9.17) is 0 Å². The van der Waals surface area contributed by atoms with E-state index in [1.54, 1.807) is 11.1 Å². The van der Waals surface area contributed by atoms with Crippen molar-refractivity contribution in [3.63, 3.8) is 0 Å². The van der Waals surface area contributed by atoms with Crippen molar-refractivity contribution >= 4 is 67.7 Å². The molecule has 0 N–H and O–H groups in total. The predicted molar refractivity (Wildman–Crippen MR) is 283 cm³/mol. The van der Waals surface area contributed by atoms with Crippen LogP contribution in [0.25, 0.3) is 38.6 Å². The first-order valence-corrected chi connectivity index (χ1v) is 25.6. The molecule has 0 spiro atoms. The van der Waals surface area contributed by atoms with Crippen molar-refractivity contribution in [2.24, 2.45) is 0 Å². The normalized spacial score (nSPS) is 25.8. The molecule has 3 nitrogen and oxygen atoms in total. The quantitative estimate of drug-likeness (QED) is 0.160. The number of hydrogen-bond acceptors (Lipinski definition) is 2. The molecule has 334 valence electrons. The van der Waals surface area contributed by atoms with Crippen LogP contribution in [-0.2, 0) is 21.7 Å². The van der Waals surface area contributed by atoms with Crippen LogP contribution in [0.5, 0.6) is 0 Å². The van der Waals surface area contributed by atoms with Crippen LogP contribution in [0.2, 0.25) is 0 Å². The van der Waals surface area contributed by atoms with Gasteiger partial charge in [0, 0.05) is 55.6 Å². The lowest BCUT2D eigenvalue weighted by molar-refractivity contribution is 0.193. The molecule has 7 aromatic rings. The molecule has 6 aromatic carbocycles. The van der Waals surface area contributed by atoms with E-state index in [1.165, 1.54) is 151 Å². The summed E-state index contributed by atoms with van der Waals surface area (Å²) in [5, 5.41) is 2.77. The van der Waals surface area contributed by atoms with Gasteiger partial charge in [0.2, 0.25) is 0 Å². The maximum absolute atomic E-state index is 2.96.